The monoisotopic (exact) mass is 922 g/mol. The van der Waals surface area contributed by atoms with Gasteiger partial charge in [0.15, 0.2) is 0 Å². The van der Waals surface area contributed by atoms with E-state index in [1.165, 1.54) is 186 Å². The number of nitrogens with zero attached hydrogens (tertiary/aromatic N) is 3. The number of hydrogen-bond donors (Lipinski definition) is 2. The molecule has 5 nitrogen and oxygen atoms in total. The molecule has 5 heteroatoms. The third-order valence-electron chi connectivity index (χ3n) is 24.4. The molecule has 0 aromatic rings. The van der Waals surface area contributed by atoms with Gasteiger partial charge in [0.05, 0.1) is 0 Å². The highest BCUT2D eigenvalue weighted by atomic mass is 15.3. The fraction of sp³-hybridized carbons (Fsp3) is 1.00. The summed E-state index contributed by atoms with van der Waals surface area (Å²) in [5, 5.41) is 8.01. The molecule has 3 heterocycles. The van der Waals surface area contributed by atoms with Gasteiger partial charge in [-0.25, -0.2) is 0 Å². The van der Waals surface area contributed by atoms with Crippen molar-refractivity contribution in [1.29, 1.82) is 0 Å². The number of hydrogen-bond acceptors (Lipinski definition) is 5. The van der Waals surface area contributed by atoms with Crippen LogP contribution >= 0.6 is 0 Å². The Hall–Kier alpha value is -0.200. The predicted octanol–water partition coefficient (Wildman–Crippen LogP) is 14.2. The largest absolute Gasteiger partial charge is 0.315 e. The minimum Gasteiger partial charge on any atom is -0.315 e. The average Bonchev–Trinajstić information content (AvgIpc) is 3.73. The lowest BCUT2D eigenvalue weighted by atomic mass is 9.62. The van der Waals surface area contributed by atoms with Gasteiger partial charge in [0.1, 0.15) is 0 Å². The van der Waals surface area contributed by atoms with Crippen LogP contribution in [0.1, 0.15) is 263 Å². The molecular formula is C62H107N5. The quantitative estimate of drug-likeness (QED) is 0.228. The Morgan fingerprint density at radius 1 is 0.299 bits per heavy atom. The van der Waals surface area contributed by atoms with E-state index in [0.29, 0.717) is 0 Å². The molecule has 2 N–H and O–H groups in total. The fourth-order valence-corrected chi connectivity index (χ4v) is 21.2. The summed E-state index contributed by atoms with van der Waals surface area (Å²) in [7, 11) is 0. The molecule has 9 saturated carbocycles. The molecule has 0 bridgehead atoms. The minimum atomic E-state index is 0.751. The molecule has 0 spiro atoms. The second-order valence-electron chi connectivity index (χ2n) is 27.5. The van der Waals surface area contributed by atoms with E-state index in [9.17, 15) is 0 Å². The molecule has 9 unspecified atom stereocenters. The highest BCUT2D eigenvalue weighted by molar-refractivity contribution is 5.09. The molecule has 0 amide bonds. The maximum Gasteiger partial charge on any atom is 0.0223 e. The lowest BCUT2D eigenvalue weighted by Crippen LogP contribution is -2.58. The molecular weight excluding hydrogens is 815 g/mol. The summed E-state index contributed by atoms with van der Waals surface area (Å²) in [4.78, 5) is 9.92. The first-order valence-corrected chi connectivity index (χ1v) is 32.0. The van der Waals surface area contributed by atoms with Gasteiger partial charge in [-0.15, -0.1) is 0 Å². The predicted molar refractivity (Wildman–Crippen MR) is 280 cm³/mol. The molecule has 0 radical (unpaired) electrons. The average molecular weight is 923 g/mol. The third-order valence-corrected chi connectivity index (χ3v) is 24.4. The Labute approximate surface area is 413 Å². The maximum absolute atomic E-state index is 4.27. The van der Waals surface area contributed by atoms with Gasteiger partial charge < -0.3 is 10.6 Å². The molecule has 380 valence electrons. The molecule has 12 rings (SSSR count). The first-order valence-electron chi connectivity index (χ1n) is 32.0. The van der Waals surface area contributed by atoms with Gasteiger partial charge in [-0.3, -0.25) is 14.7 Å². The van der Waals surface area contributed by atoms with E-state index in [4.69, 9.17) is 0 Å². The smallest absolute Gasteiger partial charge is 0.0223 e. The number of piperidine rings is 2. The molecule has 12 aliphatic rings. The maximum atomic E-state index is 4.27. The van der Waals surface area contributed by atoms with Crippen LogP contribution in [-0.4, -0.2) is 94.2 Å². The molecule has 67 heavy (non-hydrogen) atoms. The fourth-order valence-electron chi connectivity index (χ4n) is 21.2. The van der Waals surface area contributed by atoms with Gasteiger partial charge >= 0.3 is 0 Å². The van der Waals surface area contributed by atoms with Gasteiger partial charge in [0.2, 0.25) is 0 Å². The van der Waals surface area contributed by atoms with E-state index in [0.717, 1.165) is 114 Å². The lowest BCUT2D eigenvalue weighted by Gasteiger charge is -2.50. The zero-order valence-corrected chi connectivity index (χ0v) is 43.7. The summed E-state index contributed by atoms with van der Waals surface area (Å²) in [5.74, 6) is 8.05. The minimum absolute atomic E-state index is 0.751. The van der Waals surface area contributed by atoms with E-state index in [-0.39, 0.29) is 0 Å². The van der Waals surface area contributed by atoms with Crippen molar-refractivity contribution in [3.05, 3.63) is 0 Å². The first kappa shape index (κ1) is 47.8. The highest BCUT2D eigenvalue weighted by Gasteiger charge is 2.56. The second-order valence-corrected chi connectivity index (χ2v) is 27.5. The SMILES string of the molecule is C1CCC(N(C2CCCCC2)C2CCC(C3CCC4C(C3)C3CC(C5CCC(N(C6CCCCC6)C6CCCCC6)CC5)CCC3N4C3CCC(C4CCC5CCNCC5N4)CC3)CC2)CC1. The summed E-state index contributed by atoms with van der Waals surface area (Å²) in [6, 6.07) is 9.81. The van der Waals surface area contributed by atoms with Crippen molar-refractivity contribution >= 4 is 0 Å². The van der Waals surface area contributed by atoms with Crippen LogP contribution in [0.5, 0.6) is 0 Å². The van der Waals surface area contributed by atoms with Crippen LogP contribution in [0.2, 0.25) is 0 Å². The summed E-state index contributed by atoms with van der Waals surface area (Å²) >= 11 is 0. The number of rotatable bonds is 10. The van der Waals surface area contributed by atoms with E-state index in [2.05, 4.69) is 25.3 Å². The van der Waals surface area contributed by atoms with Crippen LogP contribution in [0.3, 0.4) is 0 Å². The number of fused-ring (bicyclic) bond motifs is 4. The Bertz CT molecular complexity index is 1370. The van der Waals surface area contributed by atoms with Crippen LogP contribution in [0.4, 0.5) is 0 Å². The Morgan fingerprint density at radius 3 is 1.12 bits per heavy atom. The summed E-state index contributed by atoms with van der Waals surface area (Å²) < 4.78 is 0. The highest BCUT2D eigenvalue weighted by Crippen LogP contribution is 2.57. The molecule has 3 aliphatic heterocycles. The van der Waals surface area contributed by atoms with Crippen molar-refractivity contribution in [3.8, 4) is 0 Å². The standard InChI is InChI=1S/C62H107N5/c1-5-13-50(14-6-1)65(51-15-7-2-8-16-51)54-30-21-44(22-31-54)48-28-37-61-57(41-48)58-42-49(45-23-32-55(33-24-45)66(52-17-9-3-10-18-52)53-19-11-4-12-20-53)29-38-62(58)67(61)56-34-25-46(26-35-56)59-36-27-47-39-40-63-43-60(47)64-59/h44-64H,1-43H2. The molecule has 3 saturated heterocycles. The van der Waals surface area contributed by atoms with Crippen molar-refractivity contribution in [3.63, 3.8) is 0 Å². The Morgan fingerprint density at radius 2 is 0.672 bits per heavy atom. The van der Waals surface area contributed by atoms with Crippen LogP contribution in [0.25, 0.3) is 0 Å². The lowest BCUT2D eigenvalue weighted by molar-refractivity contribution is 0.00231. The van der Waals surface area contributed by atoms with Crippen molar-refractivity contribution in [2.24, 2.45) is 47.3 Å². The molecule has 0 aromatic heterocycles. The number of nitrogens with one attached hydrogen (secondary N) is 2. The first-order chi connectivity index (χ1) is 33.2. The van der Waals surface area contributed by atoms with E-state index < -0.39 is 0 Å². The zero-order chi connectivity index (χ0) is 44.5. The van der Waals surface area contributed by atoms with Gasteiger partial charge in [0.25, 0.3) is 0 Å². The Kier molecular flexibility index (Phi) is 16.1. The van der Waals surface area contributed by atoms with Crippen LogP contribution in [-0.2, 0) is 0 Å². The van der Waals surface area contributed by atoms with Gasteiger partial charge in [-0.2, -0.15) is 0 Å². The van der Waals surface area contributed by atoms with Crippen molar-refractivity contribution in [2.75, 3.05) is 13.1 Å². The van der Waals surface area contributed by atoms with E-state index >= 15 is 0 Å². The summed E-state index contributed by atoms with van der Waals surface area (Å²) in [6.45, 7) is 2.47. The summed E-state index contributed by atoms with van der Waals surface area (Å²) in [6.07, 6.45) is 62.6. The van der Waals surface area contributed by atoms with Crippen molar-refractivity contribution < 1.29 is 0 Å². The molecule has 0 aromatic carbocycles. The summed E-state index contributed by atoms with van der Waals surface area (Å²) in [5.41, 5.74) is 0. The zero-order valence-electron chi connectivity index (χ0n) is 43.7. The normalized spacial score (nSPS) is 45.1. The number of likely N-dealkylation sites (tertiary alicyclic amines) is 1. The molecule has 9 aliphatic carbocycles. The molecule has 9 atom stereocenters. The van der Waals surface area contributed by atoms with Gasteiger partial charge in [-0.05, 0) is 240 Å². The second kappa shape index (κ2) is 22.5. The van der Waals surface area contributed by atoms with Crippen LogP contribution in [0, 0.1) is 47.3 Å². The Balaban J connectivity index is 0.715. The van der Waals surface area contributed by atoms with Gasteiger partial charge in [-0.1, -0.05) is 77.0 Å². The van der Waals surface area contributed by atoms with Crippen molar-refractivity contribution in [2.45, 2.75) is 330 Å². The van der Waals surface area contributed by atoms with E-state index in [1.54, 1.807) is 89.9 Å². The van der Waals surface area contributed by atoms with Crippen molar-refractivity contribution in [1.82, 2.24) is 25.3 Å². The topological polar surface area (TPSA) is 33.8 Å². The van der Waals surface area contributed by atoms with Crippen LogP contribution < -0.4 is 10.6 Å². The van der Waals surface area contributed by atoms with E-state index in [1.807, 2.05) is 0 Å². The van der Waals surface area contributed by atoms with Gasteiger partial charge in [0, 0.05) is 73.0 Å². The third kappa shape index (κ3) is 10.5. The molecule has 12 fully saturated rings. The van der Waals surface area contributed by atoms with Crippen LogP contribution in [0.15, 0.2) is 0 Å².